The highest BCUT2D eigenvalue weighted by Gasteiger charge is 2.30. The molecular weight excluding hydrogens is 856 g/mol. The second-order valence-corrected chi connectivity index (χ2v) is 22.3. The summed E-state index contributed by atoms with van der Waals surface area (Å²) in [5, 5.41) is 3.05. The fourth-order valence-corrected chi connectivity index (χ4v) is 9.14. The topological polar surface area (TPSA) is 111 Å². The Balaban J connectivity index is 5.36. The van der Waals surface area contributed by atoms with Gasteiger partial charge < -0.3 is 19.4 Å². The molecule has 0 aliphatic rings. The molecule has 0 heterocycles. The molecule has 0 aromatic heterocycles. The third-order valence-corrected chi connectivity index (χ3v) is 13.9. The van der Waals surface area contributed by atoms with Crippen LogP contribution in [0.1, 0.15) is 278 Å². The molecule has 2 N–H and O–H groups in total. The maximum atomic E-state index is 13.5. The molecule has 9 nitrogen and oxygen atoms in total. The van der Waals surface area contributed by atoms with E-state index >= 15 is 0 Å². The van der Waals surface area contributed by atoms with Gasteiger partial charge in [-0.3, -0.25) is 18.6 Å². The summed E-state index contributed by atoms with van der Waals surface area (Å²) in [4.78, 5) is 37.5. The molecule has 0 fully saturated rings. The van der Waals surface area contributed by atoms with Crippen LogP contribution in [0.3, 0.4) is 0 Å². The highest BCUT2D eigenvalue weighted by atomic mass is 31.2. The van der Waals surface area contributed by atoms with Gasteiger partial charge in [0.1, 0.15) is 19.3 Å². The van der Waals surface area contributed by atoms with Gasteiger partial charge in [0.05, 0.1) is 33.8 Å². The number of ether oxygens (including phenoxy) is 1. The van der Waals surface area contributed by atoms with Crippen LogP contribution in [0.5, 0.6) is 0 Å². The van der Waals surface area contributed by atoms with Crippen LogP contribution < -0.4 is 5.32 Å². The number of rotatable bonds is 52. The summed E-state index contributed by atoms with van der Waals surface area (Å²) in [5.41, 5.74) is 0. The second-order valence-electron chi connectivity index (χ2n) is 20.8. The number of amides is 1. The Bertz CT molecular complexity index is 1210. The standard InChI is InChI=1S/C57H111N2O7P/c1-7-10-13-16-19-22-25-28-29-32-34-37-40-43-46-49-56(60)58-54(53-65-67(62,63)64-52-51-59(4,5)6)55(48-45-42-39-36-33-30-26-23-20-17-14-11-8-2)66-57(61)50-47-44-41-38-35-31-27-24-21-18-15-12-9-3/h22,25,45,48,54-55H,7-21,23-24,26-44,46-47,49-53H2,1-6H3,(H-,58,60,62,63)/p+1/b25-22-,48-45+. The van der Waals surface area contributed by atoms with E-state index in [1.807, 2.05) is 33.3 Å². The molecule has 0 spiro atoms. The first-order valence-electron chi connectivity index (χ1n) is 28.7. The maximum absolute atomic E-state index is 13.5. The number of hydrogen-bond acceptors (Lipinski definition) is 6. The minimum Gasteiger partial charge on any atom is -0.456 e. The molecule has 0 aliphatic heterocycles. The van der Waals surface area contributed by atoms with Gasteiger partial charge in [0.25, 0.3) is 0 Å². The Morgan fingerprint density at radius 1 is 0.507 bits per heavy atom. The SMILES string of the molecule is CCCCCC/C=C\CCCCCCCCCC(=O)NC(COP(=O)(O)OCC[N+](C)(C)C)C(/C=C/CCCCCCCCCCCCC)OC(=O)CCCCCCCCCCCCCCC. The van der Waals surface area contributed by atoms with E-state index < -0.39 is 20.0 Å². The lowest BCUT2D eigenvalue weighted by atomic mass is 10.0. The van der Waals surface area contributed by atoms with Gasteiger partial charge in [-0.15, -0.1) is 0 Å². The Morgan fingerprint density at radius 2 is 0.866 bits per heavy atom. The number of quaternary nitrogens is 1. The quantitative estimate of drug-likeness (QED) is 0.0205. The van der Waals surface area contributed by atoms with Crippen molar-refractivity contribution in [3.8, 4) is 0 Å². The van der Waals surface area contributed by atoms with E-state index in [-0.39, 0.29) is 25.1 Å². The summed E-state index contributed by atoms with van der Waals surface area (Å²) in [7, 11) is 1.50. The van der Waals surface area contributed by atoms with Crippen LogP contribution >= 0.6 is 7.82 Å². The molecule has 0 rings (SSSR count). The van der Waals surface area contributed by atoms with Crippen LogP contribution in [0, 0.1) is 0 Å². The molecule has 0 aromatic carbocycles. The van der Waals surface area contributed by atoms with E-state index in [0.717, 1.165) is 64.2 Å². The van der Waals surface area contributed by atoms with Gasteiger partial charge in [-0.05, 0) is 57.4 Å². The normalized spacial score (nSPS) is 14.0. The van der Waals surface area contributed by atoms with Crippen molar-refractivity contribution >= 4 is 19.7 Å². The number of carbonyl (C=O) groups excluding carboxylic acids is 2. The van der Waals surface area contributed by atoms with Gasteiger partial charge >= 0.3 is 13.8 Å². The zero-order chi connectivity index (χ0) is 49.4. The lowest BCUT2D eigenvalue weighted by Gasteiger charge is -2.27. The number of nitrogens with one attached hydrogen (secondary N) is 1. The Kier molecular flexibility index (Phi) is 47.0. The van der Waals surface area contributed by atoms with Crippen LogP contribution in [0.25, 0.3) is 0 Å². The van der Waals surface area contributed by atoms with Crippen LogP contribution in [-0.2, 0) is 27.9 Å². The number of unbranched alkanes of at least 4 members (excludes halogenated alkanes) is 34. The zero-order valence-electron chi connectivity index (χ0n) is 45.2. The molecule has 3 unspecified atom stereocenters. The van der Waals surface area contributed by atoms with Crippen LogP contribution in [-0.4, -0.2) is 74.3 Å². The molecule has 1 amide bonds. The lowest BCUT2D eigenvalue weighted by Crippen LogP contribution is -2.47. The molecule has 67 heavy (non-hydrogen) atoms. The maximum Gasteiger partial charge on any atom is 0.472 e. The number of likely N-dealkylation sites (N-methyl/N-ethyl adjacent to an activating group) is 1. The highest BCUT2D eigenvalue weighted by Crippen LogP contribution is 2.43. The molecule has 0 aromatic rings. The van der Waals surface area contributed by atoms with Crippen molar-refractivity contribution in [3.05, 3.63) is 24.3 Å². The van der Waals surface area contributed by atoms with E-state index in [9.17, 15) is 19.0 Å². The van der Waals surface area contributed by atoms with Gasteiger partial charge in [0, 0.05) is 12.8 Å². The third-order valence-electron chi connectivity index (χ3n) is 12.9. The number of hydrogen-bond donors (Lipinski definition) is 2. The average Bonchev–Trinajstić information content (AvgIpc) is 3.28. The summed E-state index contributed by atoms with van der Waals surface area (Å²) in [6, 6.07) is -0.843. The summed E-state index contributed by atoms with van der Waals surface area (Å²) >= 11 is 0. The third kappa shape index (κ3) is 49.3. The van der Waals surface area contributed by atoms with E-state index in [2.05, 4.69) is 38.2 Å². The van der Waals surface area contributed by atoms with Crippen molar-refractivity contribution in [2.24, 2.45) is 0 Å². The Hall–Kier alpha value is -1.51. The first-order valence-corrected chi connectivity index (χ1v) is 30.2. The number of carbonyl (C=O) groups is 2. The van der Waals surface area contributed by atoms with Crippen molar-refractivity contribution in [2.45, 2.75) is 290 Å². The minimum absolute atomic E-state index is 0.0426. The van der Waals surface area contributed by atoms with Crippen molar-refractivity contribution in [1.82, 2.24) is 5.32 Å². The van der Waals surface area contributed by atoms with Crippen LogP contribution in [0.15, 0.2) is 24.3 Å². The Morgan fingerprint density at radius 3 is 1.28 bits per heavy atom. The van der Waals surface area contributed by atoms with Crippen LogP contribution in [0.4, 0.5) is 0 Å². The summed E-state index contributed by atoms with van der Waals surface area (Å²) in [6.45, 7) is 7.02. The highest BCUT2D eigenvalue weighted by molar-refractivity contribution is 7.47. The molecule has 0 aliphatic carbocycles. The monoisotopic (exact) mass is 968 g/mol. The largest absolute Gasteiger partial charge is 0.472 e. The van der Waals surface area contributed by atoms with Gasteiger partial charge in [0.2, 0.25) is 5.91 Å². The van der Waals surface area contributed by atoms with E-state index in [1.54, 1.807) is 0 Å². The van der Waals surface area contributed by atoms with E-state index in [0.29, 0.717) is 23.9 Å². The van der Waals surface area contributed by atoms with Gasteiger partial charge in [0.15, 0.2) is 0 Å². The molecule has 0 bridgehead atoms. The number of esters is 1. The summed E-state index contributed by atoms with van der Waals surface area (Å²) in [6.07, 6.45) is 54.4. The molecule has 0 saturated carbocycles. The Labute approximate surface area is 415 Å². The first-order chi connectivity index (χ1) is 32.4. The van der Waals surface area contributed by atoms with Crippen molar-refractivity contribution < 1.29 is 37.3 Å². The van der Waals surface area contributed by atoms with E-state index in [4.69, 9.17) is 13.8 Å². The molecule has 3 atom stereocenters. The second kappa shape index (κ2) is 48.1. The lowest BCUT2D eigenvalue weighted by molar-refractivity contribution is -0.870. The van der Waals surface area contributed by atoms with Crippen molar-refractivity contribution in [2.75, 3.05) is 40.9 Å². The minimum atomic E-state index is -4.44. The molecular formula is C57H112N2O7P+. The first kappa shape index (κ1) is 65.5. The van der Waals surface area contributed by atoms with Crippen LogP contribution in [0.2, 0.25) is 0 Å². The number of allylic oxidation sites excluding steroid dienone is 3. The molecule has 0 saturated heterocycles. The molecule has 0 radical (unpaired) electrons. The van der Waals surface area contributed by atoms with Gasteiger partial charge in [-0.2, -0.15) is 0 Å². The number of phosphoric acid groups is 1. The predicted molar refractivity (Wildman–Crippen MR) is 286 cm³/mol. The summed E-state index contributed by atoms with van der Waals surface area (Å²) < 4.78 is 30.6. The fraction of sp³-hybridized carbons (Fsp3) is 0.895. The predicted octanol–water partition coefficient (Wildman–Crippen LogP) is 17.0. The van der Waals surface area contributed by atoms with Gasteiger partial charge in [-0.1, -0.05) is 232 Å². The smallest absolute Gasteiger partial charge is 0.456 e. The molecule has 10 heteroatoms. The fourth-order valence-electron chi connectivity index (χ4n) is 8.41. The van der Waals surface area contributed by atoms with E-state index in [1.165, 1.54) is 180 Å². The number of nitrogens with zero attached hydrogens (tertiary/aromatic N) is 1. The molecule has 396 valence electrons. The van der Waals surface area contributed by atoms with Crippen molar-refractivity contribution in [1.29, 1.82) is 0 Å². The number of phosphoric ester groups is 1. The average molecular weight is 969 g/mol. The zero-order valence-corrected chi connectivity index (χ0v) is 46.1. The van der Waals surface area contributed by atoms with Gasteiger partial charge in [-0.25, -0.2) is 4.57 Å². The summed E-state index contributed by atoms with van der Waals surface area (Å²) in [5.74, 6) is -0.499. The van der Waals surface area contributed by atoms with Crippen molar-refractivity contribution in [3.63, 3.8) is 0 Å².